The van der Waals surface area contributed by atoms with Gasteiger partial charge in [-0.1, -0.05) is 18.2 Å². The summed E-state index contributed by atoms with van der Waals surface area (Å²) in [7, 11) is 0. The summed E-state index contributed by atoms with van der Waals surface area (Å²) in [6, 6.07) is 9.96. The highest BCUT2D eigenvalue weighted by atomic mass is 16.4. The van der Waals surface area contributed by atoms with E-state index in [1.807, 2.05) is 12.1 Å². The molecule has 1 aliphatic rings. The molecule has 114 valence electrons. The van der Waals surface area contributed by atoms with Crippen molar-refractivity contribution in [3.8, 4) is 11.3 Å². The summed E-state index contributed by atoms with van der Waals surface area (Å²) in [5.41, 5.74) is 4.91. The van der Waals surface area contributed by atoms with E-state index in [1.54, 1.807) is 6.07 Å². The van der Waals surface area contributed by atoms with Gasteiger partial charge in [0.25, 0.3) is 5.56 Å². The van der Waals surface area contributed by atoms with E-state index in [2.05, 4.69) is 17.1 Å². The third-order valence-corrected chi connectivity index (χ3v) is 4.26. The van der Waals surface area contributed by atoms with E-state index in [1.165, 1.54) is 24.0 Å². The Morgan fingerprint density at radius 3 is 2.59 bits per heavy atom. The first-order valence-corrected chi connectivity index (χ1v) is 7.69. The zero-order valence-electron chi connectivity index (χ0n) is 12.4. The Kier molecular flexibility index (Phi) is 4.09. The van der Waals surface area contributed by atoms with Crippen LogP contribution in [-0.2, 0) is 24.1 Å². The zero-order chi connectivity index (χ0) is 15.5. The number of aliphatic carboxylic acids is 1. The number of fused-ring (bicyclic) bond motifs is 1. The van der Waals surface area contributed by atoms with Crippen LogP contribution in [0.4, 0.5) is 0 Å². The molecule has 0 amide bonds. The Labute approximate surface area is 128 Å². The van der Waals surface area contributed by atoms with E-state index in [9.17, 15) is 9.59 Å². The Morgan fingerprint density at radius 1 is 1.09 bits per heavy atom. The standard InChI is InChI=1S/C18H19NO3/c20-17(21)10-8-13-7-9-16(19-18(13)22)15-6-5-12-3-1-2-4-14(12)11-15/h5-7,9,11H,1-4,8,10H2,(H,19,22)(H,20,21). The minimum atomic E-state index is -0.891. The first-order chi connectivity index (χ1) is 10.6. The molecule has 0 saturated carbocycles. The molecule has 2 N–H and O–H groups in total. The first kappa shape index (κ1) is 14.6. The van der Waals surface area contributed by atoms with E-state index in [4.69, 9.17) is 5.11 Å². The summed E-state index contributed by atoms with van der Waals surface area (Å²) in [5.74, 6) is -0.891. The third kappa shape index (κ3) is 3.11. The van der Waals surface area contributed by atoms with Crippen molar-refractivity contribution in [2.75, 3.05) is 0 Å². The Hall–Kier alpha value is -2.36. The number of hydrogen-bond donors (Lipinski definition) is 2. The fourth-order valence-corrected chi connectivity index (χ4v) is 3.01. The van der Waals surface area contributed by atoms with Gasteiger partial charge in [-0.25, -0.2) is 0 Å². The quantitative estimate of drug-likeness (QED) is 0.911. The largest absolute Gasteiger partial charge is 0.481 e. The van der Waals surface area contributed by atoms with Crippen LogP contribution in [0.2, 0.25) is 0 Å². The number of carboxylic acids is 1. The Bertz CT molecular complexity index is 761. The molecule has 2 aromatic rings. The third-order valence-electron chi connectivity index (χ3n) is 4.26. The van der Waals surface area contributed by atoms with Gasteiger partial charge in [-0.05, 0) is 60.9 Å². The SMILES string of the molecule is O=C(O)CCc1ccc(-c2ccc3c(c2)CCCC3)[nH]c1=O. The molecule has 0 atom stereocenters. The van der Waals surface area contributed by atoms with Gasteiger partial charge in [0.15, 0.2) is 0 Å². The lowest BCUT2D eigenvalue weighted by Crippen LogP contribution is -2.14. The lowest BCUT2D eigenvalue weighted by Gasteiger charge is -2.16. The summed E-state index contributed by atoms with van der Waals surface area (Å²) in [6.45, 7) is 0. The number of benzene rings is 1. The molecule has 1 aliphatic carbocycles. The second kappa shape index (κ2) is 6.18. The second-order valence-corrected chi connectivity index (χ2v) is 5.81. The molecule has 1 aromatic heterocycles. The van der Waals surface area contributed by atoms with E-state index in [0.717, 1.165) is 24.1 Å². The topological polar surface area (TPSA) is 70.2 Å². The van der Waals surface area contributed by atoms with E-state index in [0.29, 0.717) is 5.56 Å². The van der Waals surface area contributed by atoms with Crippen molar-refractivity contribution in [3.63, 3.8) is 0 Å². The number of carboxylic acid groups (broad SMARTS) is 1. The molecule has 0 radical (unpaired) electrons. The number of aromatic amines is 1. The number of carbonyl (C=O) groups is 1. The van der Waals surface area contributed by atoms with Crippen LogP contribution in [0.25, 0.3) is 11.3 Å². The van der Waals surface area contributed by atoms with Crippen LogP contribution in [0.5, 0.6) is 0 Å². The molecular weight excluding hydrogens is 278 g/mol. The van der Waals surface area contributed by atoms with Gasteiger partial charge in [0, 0.05) is 17.7 Å². The smallest absolute Gasteiger partial charge is 0.303 e. The molecule has 0 saturated heterocycles. The highest BCUT2D eigenvalue weighted by molar-refractivity contribution is 5.67. The molecule has 0 bridgehead atoms. The Balaban J connectivity index is 1.87. The van der Waals surface area contributed by atoms with Crippen molar-refractivity contribution >= 4 is 5.97 Å². The molecule has 3 rings (SSSR count). The zero-order valence-corrected chi connectivity index (χ0v) is 12.4. The monoisotopic (exact) mass is 297 g/mol. The van der Waals surface area contributed by atoms with Gasteiger partial charge in [0.2, 0.25) is 0 Å². The van der Waals surface area contributed by atoms with Gasteiger partial charge in [0.05, 0.1) is 0 Å². The average molecular weight is 297 g/mol. The van der Waals surface area contributed by atoms with Gasteiger partial charge in [-0.3, -0.25) is 9.59 Å². The lowest BCUT2D eigenvalue weighted by molar-refractivity contribution is -0.136. The van der Waals surface area contributed by atoms with Crippen molar-refractivity contribution in [2.24, 2.45) is 0 Å². The number of rotatable bonds is 4. The number of H-pyrrole nitrogens is 1. The first-order valence-electron chi connectivity index (χ1n) is 7.69. The molecule has 1 heterocycles. The number of aryl methyl sites for hydroxylation is 3. The molecule has 22 heavy (non-hydrogen) atoms. The Morgan fingerprint density at radius 2 is 1.86 bits per heavy atom. The maximum atomic E-state index is 12.1. The molecule has 0 aliphatic heterocycles. The van der Waals surface area contributed by atoms with Crippen LogP contribution < -0.4 is 5.56 Å². The molecule has 0 fully saturated rings. The minimum absolute atomic E-state index is 0.0265. The maximum Gasteiger partial charge on any atom is 0.303 e. The van der Waals surface area contributed by atoms with Crippen molar-refractivity contribution in [1.29, 1.82) is 0 Å². The minimum Gasteiger partial charge on any atom is -0.481 e. The predicted octanol–water partition coefficient (Wildman–Crippen LogP) is 2.94. The van der Waals surface area contributed by atoms with Gasteiger partial charge >= 0.3 is 5.97 Å². The van der Waals surface area contributed by atoms with Crippen LogP contribution in [-0.4, -0.2) is 16.1 Å². The van der Waals surface area contributed by atoms with Gasteiger partial charge in [-0.2, -0.15) is 0 Å². The average Bonchev–Trinajstić information content (AvgIpc) is 2.53. The maximum absolute atomic E-state index is 12.1. The lowest BCUT2D eigenvalue weighted by atomic mass is 9.90. The molecule has 0 spiro atoms. The fourth-order valence-electron chi connectivity index (χ4n) is 3.01. The number of hydrogen-bond acceptors (Lipinski definition) is 2. The fraction of sp³-hybridized carbons (Fsp3) is 0.333. The van der Waals surface area contributed by atoms with Gasteiger partial charge < -0.3 is 10.1 Å². The summed E-state index contributed by atoms with van der Waals surface area (Å²) < 4.78 is 0. The van der Waals surface area contributed by atoms with Crippen molar-refractivity contribution in [2.45, 2.75) is 38.5 Å². The van der Waals surface area contributed by atoms with Crippen molar-refractivity contribution < 1.29 is 9.90 Å². The van der Waals surface area contributed by atoms with Crippen molar-refractivity contribution in [1.82, 2.24) is 4.98 Å². The molecule has 0 unspecified atom stereocenters. The van der Waals surface area contributed by atoms with Crippen LogP contribution in [0.15, 0.2) is 35.1 Å². The highest BCUT2D eigenvalue weighted by Crippen LogP contribution is 2.26. The van der Waals surface area contributed by atoms with E-state index >= 15 is 0 Å². The van der Waals surface area contributed by atoms with Crippen LogP contribution in [0.1, 0.15) is 36.0 Å². The molecule has 4 nitrogen and oxygen atoms in total. The summed E-state index contributed by atoms with van der Waals surface area (Å²) >= 11 is 0. The predicted molar refractivity (Wildman–Crippen MR) is 85.1 cm³/mol. The van der Waals surface area contributed by atoms with E-state index in [-0.39, 0.29) is 18.4 Å². The highest BCUT2D eigenvalue weighted by Gasteiger charge is 2.11. The summed E-state index contributed by atoms with van der Waals surface area (Å²) in [4.78, 5) is 25.5. The van der Waals surface area contributed by atoms with Gasteiger partial charge in [-0.15, -0.1) is 0 Å². The molecular formula is C18H19NO3. The molecule has 1 aromatic carbocycles. The summed E-state index contributed by atoms with van der Waals surface area (Å²) in [6.07, 6.45) is 4.95. The van der Waals surface area contributed by atoms with Crippen LogP contribution >= 0.6 is 0 Å². The number of nitrogens with one attached hydrogen (secondary N) is 1. The molecule has 4 heteroatoms. The number of pyridine rings is 1. The second-order valence-electron chi connectivity index (χ2n) is 5.81. The van der Waals surface area contributed by atoms with Crippen LogP contribution in [0.3, 0.4) is 0 Å². The van der Waals surface area contributed by atoms with Gasteiger partial charge in [0.1, 0.15) is 0 Å². The van der Waals surface area contributed by atoms with Crippen LogP contribution in [0, 0.1) is 0 Å². The summed E-state index contributed by atoms with van der Waals surface area (Å²) in [5, 5.41) is 8.70. The normalized spacial score (nSPS) is 13.6. The number of aromatic nitrogens is 1. The van der Waals surface area contributed by atoms with Crippen molar-refractivity contribution in [3.05, 3.63) is 57.4 Å². The van der Waals surface area contributed by atoms with E-state index < -0.39 is 5.97 Å².